The molecule has 49 heteroatoms. The van der Waals surface area contributed by atoms with Gasteiger partial charge in [-0.25, -0.2) is 19.7 Å². The molecule has 0 saturated carbocycles. The quantitative estimate of drug-likeness (QED) is 0.00989. The monoisotopic (exact) mass is 1900 g/mol. The van der Waals surface area contributed by atoms with Crippen LogP contribution in [0.5, 0.6) is 0 Å². The molecule has 0 fully saturated rings. The van der Waals surface area contributed by atoms with E-state index in [1.807, 2.05) is 13.8 Å². The summed E-state index contributed by atoms with van der Waals surface area (Å²) in [5.74, 6) is -20.9. The normalized spacial score (nSPS) is 14.9. The lowest BCUT2D eigenvalue weighted by Crippen LogP contribution is -2.62. The number of guanidine groups is 1. The topological polar surface area (TPSA) is 784 Å². The van der Waals surface area contributed by atoms with E-state index in [0.29, 0.717) is 46.4 Å². The van der Waals surface area contributed by atoms with Crippen LogP contribution in [-0.2, 0) is 112 Å². The maximum atomic E-state index is 14.9. The fourth-order valence-corrected chi connectivity index (χ4v) is 14.5. The Morgan fingerprint density at radius 3 is 1.34 bits per heavy atom. The number of aliphatic carboxylic acids is 2. The molecule has 134 heavy (non-hydrogen) atoms. The first kappa shape index (κ1) is 111. The van der Waals surface area contributed by atoms with Gasteiger partial charge in [0.1, 0.15) is 84.6 Å². The van der Waals surface area contributed by atoms with Gasteiger partial charge in [-0.15, -0.1) is 0 Å². The highest BCUT2D eigenvalue weighted by molar-refractivity contribution is 7.98. The second-order valence-corrected chi connectivity index (χ2v) is 34.9. The average molecular weight is 1900 g/mol. The summed E-state index contributed by atoms with van der Waals surface area (Å²) in [5.41, 5.74) is 30.8. The number of rotatable bonds is 62. The van der Waals surface area contributed by atoms with E-state index in [2.05, 4.69) is 115 Å². The molecule has 32 N–H and O–H groups in total. The number of H-pyrrole nitrogens is 4. The van der Waals surface area contributed by atoms with Crippen LogP contribution in [0.15, 0.2) is 68.0 Å². The maximum absolute atomic E-state index is 14.9. The molecule has 0 saturated heterocycles. The number of nitrogens with two attached hydrogens (primary N) is 5. The SMILES string of the molecule is CC[C@H](C)[C@H](NC(=O)[C@H](Cc1cnc[nH]1)NC(=O)[C@H](Cc1cnc[nH]1)NC(=O)[C@@H](N)CC(C)C)C(=O)N[C@@H](CC(C)C)C(=O)N[C@@H](CC(=O)O)C(=O)N[C@@H](C)C(=O)N[C@@H](CCC(N)=O)C(=O)N[C@@H](CCCCN)C(=O)N[C@@H](CCSC)C(=O)N[C@H](C(=O)N[C@@H](Cc1c[nH]c2ccccc12)C(=O)N[C@@H](CC(N)=O)C(=O)N[C@@H](Cc1cnc[nH]1)C(=O)N[C@@H](CCCNC(=N)N)C(=O)O)C(C)C. The summed E-state index contributed by atoms with van der Waals surface area (Å²) in [6.07, 6.45) is 8.13. The van der Waals surface area contributed by atoms with Crippen molar-refractivity contribution in [1.29, 1.82) is 5.41 Å². The lowest BCUT2D eigenvalue weighted by molar-refractivity contribution is -0.142. The first-order valence-corrected chi connectivity index (χ1v) is 45.6. The number of para-hydroxylation sites is 1. The van der Waals surface area contributed by atoms with Crippen LogP contribution < -0.4 is 108 Å². The third-order valence-corrected chi connectivity index (χ3v) is 22.2. The Morgan fingerprint density at radius 2 is 0.858 bits per heavy atom. The number of nitrogens with zero attached hydrogens (tertiary/aromatic N) is 3. The van der Waals surface area contributed by atoms with Crippen LogP contribution in [0.3, 0.4) is 0 Å². The number of carbonyl (C=O) groups is 18. The number of amides is 16. The lowest BCUT2D eigenvalue weighted by atomic mass is 9.96. The molecular weight excluding hydrogens is 1770 g/mol. The van der Waals surface area contributed by atoms with Crippen LogP contribution in [0, 0.1) is 29.1 Å². The molecule has 5 aromatic rings. The molecule has 4 heterocycles. The molecule has 16 atom stereocenters. The van der Waals surface area contributed by atoms with Crippen LogP contribution >= 0.6 is 11.8 Å². The highest BCUT2D eigenvalue weighted by Gasteiger charge is 2.41. The van der Waals surface area contributed by atoms with Crippen molar-refractivity contribution in [2.45, 2.75) is 262 Å². The minimum Gasteiger partial charge on any atom is -0.481 e. The Labute approximate surface area is 778 Å². The number of benzene rings is 1. The molecule has 0 spiro atoms. The number of unbranched alkanes of at least 4 members (excludes halogenated alkanes) is 1. The number of aromatic nitrogens is 7. The summed E-state index contributed by atoms with van der Waals surface area (Å²) in [7, 11) is 0. The van der Waals surface area contributed by atoms with E-state index in [0.717, 1.165) is 6.92 Å². The molecule has 738 valence electrons. The van der Waals surface area contributed by atoms with Gasteiger partial charge in [-0.05, 0) is 119 Å². The number of aromatic amines is 4. The van der Waals surface area contributed by atoms with Gasteiger partial charge in [-0.1, -0.05) is 80.0 Å². The summed E-state index contributed by atoms with van der Waals surface area (Å²) < 4.78 is 0. The van der Waals surface area contributed by atoms with Crippen LogP contribution in [0.4, 0.5) is 0 Å². The number of hydrogen-bond donors (Lipinski definition) is 27. The van der Waals surface area contributed by atoms with Crippen molar-refractivity contribution < 1.29 is 96.5 Å². The van der Waals surface area contributed by atoms with Crippen LogP contribution in [0.1, 0.15) is 168 Å². The van der Waals surface area contributed by atoms with E-state index < -0.39 is 235 Å². The molecule has 0 aliphatic heterocycles. The van der Waals surface area contributed by atoms with Crippen molar-refractivity contribution in [3.8, 4) is 0 Å². The largest absolute Gasteiger partial charge is 0.481 e. The van der Waals surface area contributed by atoms with Crippen molar-refractivity contribution in [2.75, 3.05) is 25.1 Å². The zero-order valence-corrected chi connectivity index (χ0v) is 77.7. The molecule has 5 rings (SSSR count). The second kappa shape index (κ2) is 56.3. The van der Waals surface area contributed by atoms with Gasteiger partial charge >= 0.3 is 11.9 Å². The van der Waals surface area contributed by atoms with Gasteiger partial charge in [0.05, 0.1) is 37.9 Å². The predicted molar refractivity (Wildman–Crippen MR) is 490 cm³/mol. The number of fused-ring (bicyclic) bond motifs is 1. The number of carbonyl (C=O) groups excluding carboxylic acids is 16. The maximum Gasteiger partial charge on any atom is 0.326 e. The zero-order chi connectivity index (χ0) is 99.6. The van der Waals surface area contributed by atoms with Crippen molar-refractivity contribution in [2.24, 2.45) is 52.3 Å². The van der Waals surface area contributed by atoms with Crippen LogP contribution in [0.2, 0.25) is 0 Å². The predicted octanol–water partition coefficient (Wildman–Crippen LogP) is -4.62. The number of primary amides is 2. The summed E-state index contributed by atoms with van der Waals surface area (Å²) in [4.78, 5) is 276. The first-order chi connectivity index (χ1) is 63.4. The fourth-order valence-electron chi connectivity index (χ4n) is 14.1. The molecule has 0 aliphatic rings. The molecule has 0 bridgehead atoms. The number of hydrogen-bond acceptors (Lipinski definition) is 25. The van der Waals surface area contributed by atoms with Gasteiger partial charge in [0.15, 0.2) is 5.96 Å². The Balaban J connectivity index is 1.35. The van der Waals surface area contributed by atoms with Crippen molar-refractivity contribution >= 4 is 135 Å². The smallest absolute Gasteiger partial charge is 0.326 e. The molecule has 48 nitrogen and oxygen atoms in total. The fraction of sp³-hybridized carbons (Fsp3) is 0.576. The van der Waals surface area contributed by atoms with Gasteiger partial charge < -0.3 is 139 Å². The Bertz CT molecular complexity index is 4760. The van der Waals surface area contributed by atoms with Crippen LogP contribution in [-0.4, -0.2) is 273 Å². The molecule has 0 radical (unpaired) electrons. The molecule has 0 unspecified atom stereocenters. The summed E-state index contributed by atoms with van der Waals surface area (Å²) in [6.45, 7) is 14.9. The summed E-state index contributed by atoms with van der Waals surface area (Å²) in [6, 6.07) is -16.2. The highest BCUT2D eigenvalue weighted by atomic mass is 32.2. The molecular formula is C85H132N28O20S. The lowest BCUT2D eigenvalue weighted by Gasteiger charge is -2.30. The van der Waals surface area contributed by atoms with Gasteiger partial charge in [0.25, 0.3) is 0 Å². The summed E-state index contributed by atoms with van der Waals surface area (Å²) >= 11 is 1.27. The number of nitrogens with one attached hydrogen (secondary N) is 20. The van der Waals surface area contributed by atoms with Crippen molar-refractivity contribution in [1.82, 2.24) is 115 Å². The van der Waals surface area contributed by atoms with E-state index in [1.165, 1.54) is 49.3 Å². The molecule has 16 amide bonds. The Morgan fingerprint density at radius 1 is 0.440 bits per heavy atom. The van der Waals surface area contributed by atoms with E-state index >= 15 is 0 Å². The van der Waals surface area contributed by atoms with Gasteiger partial charge in [0, 0.05) is 91.4 Å². The number of imidazole rings is 3. The molecule has 4 aromatic heterocycles. The third-order valence-electron chi connectivity index (χ3n) is 21.5. The first-order valence-electron chi connectivity index (χ1n) is 44.2. The zero-order valence-electron chi connectivity index (χ0n) is 76.8. The van der Waals surface area contributed by atoms with E-state index in [1.54, 1.807) is 78.3 Å². The number of thioether (sulfide) groups is 1. The van der Waals surface area contributed by atoms with Crippen molar-refractivity contribution in [3.63, 3.8) is 0 Å². The summed E-state index contributed by atoms with van der Waals surface area (Å²) in [5, 5.41) is 66.5. The number of carboxylic acid groups (broad SMARTS) is 2. The third kappa shape index (κ3) is 38.3. The Kier molecular flexibility index (Phi) is 46.6. The van der Waals surface area contributed by atoms with Crippen molar-refractivity contribution in [3.05, 3.63) is 90.7 Å². The minimum atomic E-state index is -1.97. The van der Waals surface area contributed by atoms with E-state index in [9.17, 15) is 96.5 Å². The average Bonchev–Trinajstić information content (AvgIpc) is 1.67. The van der Waals surface area contributed by atoms with E-state index in [4.69, 9.17) is 34.1 Å². The Hall–Kier alpha value is -13.6. The highest BCUT2D eigenvalue weighted by Crippen LogP contribution is 2.22. The molecule has 0 aliphatic carbocycles. The number of carboxylic acids is 2. The van der Waals surface area contributed by atoms with E-state index in [-0.39, 0.29) is 107 Å². The van der Waals surface area contributed by atoms with Gasteiger partial charge in [-0.3, -0.25) is 86.9 Å². The van der Waals surface area contributed by atoms with Crippen LogP contribution in [0.25, 0.3) is 10.9 Å². The van der Waals surface area contributed by atoms with Gasteiger partial charge in [0.2, 0.25) is 94.5 Å². The minimum absolute atomic E-state index is 0.0257. The standard InChI is InChI=1S/C85H132N28O20S/c1-11-45(8)69(113-81(129)62(32-50-38-94-41-99-50)107-79(127)60(30-48-36-92-39-97-48)105-71(119)52(87)27-42(2)3)83(131)110-58(28-43(4)5)76(124)109-64(34-67(116)117)75(123)100-46(9)70(118)101-55(21-22-65(88)114)73(121)102-54(19-14-15-24-86)72(120)103-56(23-26-134-10)74(122)112-68(44(6)7)82(130)111-59(29-47-35-96-53-18-13-12-17-51(47)53)77(125)108-63(33-66(89)115)80(128)106-61(31-49-37-93-40-98-49)78(126)104-57(84(132)133)20-16-25-95-85(90)91/h12-13,17-18,35-46,52,54-64,68-69,96H,11,14-16,19-34,86-87H2,1-10H3,(H2,88,114)(H2,89,115)(H,92,97)(H,93,98)(H,94,99)(H,100,123)(H,101,118)(H,102,121)(H,103,120)(H,104,126)(H,105,119)(H,106,128)(H,107,127)(H,108,125)(H,109,124)(H,110,131)(H,111,130)(H,112,122)(H,113,129)(H,116,117)(H,132,133)(H4,90,91,95)/t45-,46-,52-,54-,55-,56-,57-,58-,59-,60-,61-,62-,63-,64-,68-,69-/m0/s1. The molecule has 1 aromatic carbocycles. The second-order valence-electron chi connectivity index (χ2n) is 33.9. The van der Waals surface area contributed by atoms with Gasteiger partial charge in [-0.2, -0.15) is 11.8 Å².